The van der Waals surface area contributed by atoms with Crippen molar-refractivity contribution in [3.05, 3.63) is 28.8 Å². The Bertz CT molecular complexity index is 530. The van der Waals surface area contributed by atoms with Gasteiger partial charge in [-0.25, -0.2) is 0 Å². The number of anilines is 1. The first kappa shape index (κ1) is 13.9. The van der Waals surface area contributed by atoms with E-state index in [0.29, 0.717) is 29.1 Å². The van der Waals surface area contributed by atoms with Gasteiger partial charge in [0.2, 0.25) is 5.91 Å². The Labute approximate surface area is 117 Å². The van der Waals surface area contributed by atoms with Crippen molar-refractivity contribution >= 4 is 23.2 Å². The van der Waals surface area contributed by atoms with Crippen molar-refractivity contribution in [1.29, 1.82) is 5.26 Å². The third-order valence-electron chi connectivity index (χ3n) is 3.54. The third-order valence-corrected chi connectivity index (χ3v) is 3.86. The molecule has 0 bridgehead atoms. The number of nitrogens with one attached hydrogen (secondary N) is 1. The summed E-state index contributed by atoms with van der Waals surface area (Å²) in [5.41, 5.74) is 6.32. The molecule has 0 heterocycles. The van der Waals surface area contributed by atoms with Gasteiger partial charge in [0.05, 0.1) is 27.9 Å². The van der Waals surface area contributed by atoms with Gasteiger partial charge in [-0.15, -0.1) is 0 Å². The number of nitrogens with two attached hydrogens (primary N) is 1. The molecule has 1 aromatic carbocycles. The van der Waals surface area contributed by atoms with Crippen LogP contribution >= 0.6 is 11.6 Å². The zero-order valence-electron chi connectivity index (χ0n) is 10.6. The molecule has 4 nitrogen and oxygen atoms in total. The molecule has 0 spiro atoms. The molecule has 1 amide bonds. The molecular formula is C14H16ClN3O. The second kappa shape index (κ2) is 5.60. The van der Waals surface area contributed by atoms with Crippen LogP contribution in [0.2, 0.25) is 5.02 Å². The molecule has 3 N–H and O–H groups in total. The summed E-state index contributed by atoms with van der Waals surface area (Å²) in [6.45, 7) is 0. The Balaban J connectivity index is 2.13. The molecule has 0 atom stereocenters. The van der Waals surface area contributed by atoms with Crippen LogP contribution in [0, 0.1) is 11.3 Å². The van der Waals surface area contributed by atoms with Crippen LogP contribution in [0.5, 0.6) is 0 Å². The fourth-order valence-electron chi connectivity index (χ4n) is 2.34. The minimum Gasteiger partial charge on any atom is -0.323 e. The highest BCUT2D eigenvalue weighted by molar-refractivity contribution is 6.33. The summed E-state index contributed by atoms with van der Waals surface area (Å²) in [6.07, 6.45) is 4.49. The monoisotopic (exact) mass is 277 g/mol. The van der Waals surface area contributed by atoms with Crippen molar-refractivity contribution in [2.24, 2.45) is 5.73 Å². The van der Waals surface area contributed by atoms with Crippen LogP contribution < -0.4 is 11.1 Å². The van der Waals surface area contributed by atoms with E-state index in [1.165, 1.54) is 6.07 Å². The highest BCUT2D eigenvalue weighted by atomic mass is 35.5. The first-order chi connectivity index (χ1) is 9.05. The van der Waals surface area contributed by atoms with Crippen LogP contribution in [0.15, 0.2) is 18.2 Å². The molecule has 0 unspecified atom stereocenters. The van der Waals surface area contributed by atoms with Crippen molar-refractivity contribution in [3.8, 4) is 6.07 Å². The minimum absolute atomic E-state index is 0.196. The topological polar surface area (TPSA) is 78.9 Å². The first-order valence-electron chi connectivity index (χ1n) is 6.35. The largest absolute Gasteiger partial charge is 0.323 e. The second-order valence-corrected chi connectivity index (χ2v) is 5.38. The highest BCUT2D eigenvalue weighted by Crippen LogP contribution is 2.29. The molecule has 1 aliphatic carbocycles. The molecule has 0 aromatic heterocycles. The molecule has 1 fully saturated rings. The summed E-state index contributed by atoms with van der Waals surface area (Å²) in [4.78, 5) is 12.2. The van der Waals surface area contributed by atoms with Gasteiger partial charge in [0.1, 0.15) is 0 Å². The number of benzene rings is 1. The van der Waals surface area contributed by atoms with E-state index in [9.17, 15) is 4.79 Å². The molecule has 1 saturated carbocycles. The lowest BCUT2D eigenvalue weighted by Crippen LogP contribution is -2.52. The molecule has 100 valence electrons. The maximum absolute atomic E-state index is 12.2. The van der Waals surface area contributed by atoms with Crippen molar-refractivity contribution in [2.45, 2.75) is 37.6 Å². The number of nitrogens with zero attached hydrogens (tertiary/aromatic N) is 1. The molecular weight excluding hydrogens is 262 g/mol. The van der Waals surface area contributed by atoms with Crippen LogP contribution in [-0.2, 0) is 4.79 Å². The van der Waals surface area contributed by atoms with Gasteiger partial charge >= 0.3 is 0 Å². The Morgan fingerprint density at radius 2 is 2.05 bits per heavy atom. The van der Waals surface area contributed by atoms with Crippen LogP contribution in [0.4, 0.5) is 5.69 Å². The van der Waals surface area contributed by atoms with Crippen molar-refractivity contribution < 1.29 is 4.79 Å². The van der Waals surface area contributed by atoms with E-state index in [0.717, 1.165) is 19.3 Å². The summed E-state index contributed by atoms with van der Waals surface area (Å²) in [6, 6.07) is 6.77. The predicted octanol–water partition coefficient (Wildman–Crippen LogP) is 2.81. The molecule has 0 saturated heterocycles. The van der Waals surface area contributed by atoms with Gasteiger partial charge in [-0.1, -0.05) is 30.9 Å². The van der Waals surface area contributed by atoms with Crippen LogP contribution in [0.25, 0.3) is 0 Å². The molecule has 0 radical (unpaired) electrons. The fraction of sp³-hybridized carbons (Fsp3) is 0.429. The van der Waals surface area contributed by atoms with E-state index >= 15 is 0 Å². The van der Waals surface area contributed by atoms with Gasteiger partial charge in [-0.05, 0) is 31.0 Å². The normalized spacial score (nSPS) is 17.5. The maximum atomic E-state index is 12.2. The van der Waals surface area contributed by atoms with Gasteiger partial charge in [0, 0.05) is 0 Å². The Hall–Kier alpha value is -1.57. The van der Waals surface area contributed by atoms with Crippen LogP contribution in [-0.4, -0.2) is 11.4 Å². The number of rotatable bonds is 2. The van der Waals surface area contributed by atoms with Crippen LogP contribution in [0.1, 0.15) is 37.7 Å². The number of hydrogen-bond acceptors (Lipinski definition) is 3. The summed E-state index contributed by atoms with van der Waals surface area (Å²) in [7, 11) is 0. The number of amides is 1. The van der Waals surface area contributed by atoms with Gasteiger partial charge < -0.3 is 11.1 Å². The third kappa shape index (κ3) is 3.06. The molecule has 0 aliphatic heterocycles. The molecule has 2 rings (SSSR count). The number of carbonyl (C=O) groups is 1. The van der Waals surface area contributed by atoms with E-state index in [1.807, 2.05) is 6.07 Å². The van der Waals surface area contributed by atoms with Crippen molar-refractivity contribution in [2.75, 3.05) is 5.32 Å². The SMILES string of the molecule is N#Cc1ccc(NC(=O)C2(N)CCCCC2)c(Cl)c1. The first-order valence-corrected chi connectivity index (χ1v) is 6.73. The van der Waals surface area contributed by atoms with Gasteiger partial charge in [-0.2, -0.15) is 5.26 Å². The molecule has 19 heavy (non-hydrogen) atoms. The average Bonchev–Trinajstić information content (AvgIpc) is 2.41. The Morgan fingerprint density at radius 1 is 1.37 bits per heavy atom. The summed E-state index contributed by atoms with van der Waals surface area (Å²) >= 11 is 6.03. The average molecular weight is 278 g/mol. The smallest absolute Gasteiger partial charge is 0.244 e. The van der Waals surface area contributed by atoms with Gasteiger partial charge in [0.25, 0.3) is 0 Å². The summed E-state index contributed by atoms with van der Waals surface area (Å²) in [5, 5.41) is 11.9. The molecule has 1 aromatic rings. The van der Waals surface area contributed by atoms with Crippen LogP contribution in [0.3, 0.4) is 0 Å². The second-order valence-electron chi connectivity index (χ2n) is 4.98. The predicted molar refractivity (Wildman–Crippen MR) is 74.8 cm³/mol. The van der Waals surface area contributed by atoms with Crippen molar-refractivity contribution in [1.82, 2.24) is 0 Å². The quantitative estimate of drug-likeness (QED) is 0.872. The summed E-state index contributed by atoms with van der Waals surface area (Å²) in [5.74, 6) is -0.196. The number of carbonyl (C=O) groups excluding carboxylic acids is 1. The highest BCUT2D eigenvalue weighted by Gasteiger charge is 2.35. The number of nitriles is 1. The van der Waals surface area contributed by atoms with E-state index < -0.39 is 5.54 Å². The lowest BCUT2D eigenvalue weighted by atomic mass is 9.82. The Morgan fingerprint density at radius 3 is 2.63 bits per heavy atom. The molecule has 1 aliphatic rings. The zero-order chi connectivity index (χ0) is 13.9. The number of halogens is 1. The lowest BCUT2D eigenvalue weighted by molar-refractivity contribution is -0.122. The Kier molecular flexibility index (Phi) is 4.08. The molecule has 5 heteroatoms. The fourth-order valence-corrected chi connectivity index (χ4v) is 2.57. The minimum atomic E-state index is -0.796. The standard InChI is InChI=1S/C14H16ClN3O/c15-11-8-10(9-16)4-5-12(11)18-13(19)14(17)6-2-1-3-7-14/h4-5,8H,1-3,6-7,17H2,(H,18,19). The van der Waals surface area contributed by atoms with Gasteiger partial charge in [0.15, 0.2) is 0 Å². The number of hydrogen-bond donors (Lipinski definition) is 2. The van der Waals surface area contributed by atoms with E-state index in [4.69, 9.17) is 22.6 Å². The maximum Gasteiger partial charge on any atom is 0.244 e. The van der Waals surface area contributed by atoms with Gasteiger partial charge in [-0.3, -0.25) is 4.79 Å². The van der Waals surface area contributed by atoms with Crippen molar-refractivity contribution in [3.63, 3.8) is 0 Å². The van der Waals surface area contributed by atoms with E-state index in [-0.39, 0.29) is 5.91 Å². The van der Waals surface area contributed by atoms with E-state index in [1.54, 1.807) is 12.1 Å². The summed E-state index contributed by atoms with van der Waals surface area (Å²) < 4.78 is 0. The van der Waals surface area contributed by atoms with E-state index in [2.05, 4.69) is 5.32 Å². The zero-order valence-corrected chi connectivity index (χ0v) is 11.3. The lowest BCUT2D eigenvalue weighted by Gasteiger charge is -2.31.